The van der Waals surface area contributed by atoms with Crippen LogP contribution in [0.5, 0.6) is 0 Å². The number of benzene rings is 3. The molecule has 9 heteroatoms. The van der Waals surface area contributed by atoms with E-state index in [2.05, 4.69) is 61.1 Å². The van der Waals surface area contributed by atoms with E-state index in [0.29, 0.717) is 0 Å². The molecule has 0 fully saturated rings. The molecule has 0 bridgehead atoms. The lowest BCUT2D eigenvalue weighted by molar-refractivity contribution is -0.106. The molecule has 0 amide bonds. The first-order valence-electron chi connectivity index (χ1n) is 16.0. The summed E-state index contributed by atoms with van der Waals surface area (Å²) in [6.45, 7) is 9.66. The van der Waals surface area contributed by atoms with Gasteiger partial charge in [0.25, 0.3) is 0 Å². The molecule has 0 spiro atoms. The van der Waals surface area contributed by atoms with Crippen molar-refractivity contribution >= 4 is 71.7 Å². The molecule has 0 aliphatic carbocycles. The molecule has 0 unspecified atom stereocenters. The fourth-order valence-corrected chi connectivity index (χ4v) is 6.18. The molecule has 9 aromatic rings. The Morgan fingerprint density at radius 2 is 1.14 bits per heavy atom. The van der Waals surface area contributed by atoms with Crippen LogP contribution in [-0.4, -0.2) is 41.3 Å². The third-order valence-electron chi connectivity index (χ3n) is 8.56. The molecular weight excluding hydrogens is 612 g/mol. The van der Waals surface area contributed by atoms with Crippen LogP contribution in [0, 0.1) is 27.7 Å². The number of pyridine rings is 3. The van der Waals surface area contributed by atoms with Crippen molar-refractivity contribution in [2.45, 2.75) is 41.2 Å². The van der Waals surface area contributed by atoms with E-state index in [-0.39, 0.29) is 12.0 Å². The SMILES string of the molecule is CC=O.Cc1[nH]ccc2c1[nH]c1cc(=O)ccc12.Cc1ccc2c(c1)[nH]c1c(C)nccc12.Cc1nccc2c1[nH]c1cc(CO)ccc12. The molecule has 0 atom stereocenters. The molecular formula is C40H38N6O3. The third-order valence-corrected chi connectivity index (χ3v) is 8.56. The Morgan fingerprint density at radius 1 is 0.633 bits per heavy atom. The zero-order valence-corrected chi connectivity index (χ0v) is 28.1. The summed E-state index contributed by atoms with van der Waals surface area (Å²) in [7, 11) is 0. The Labute approximate surface area is 282 Å². The predicted molar refractivity (Wildman–Crippen MR) is 200 cm³/mol. The first-order valence-corrected chi connectivity index (χ1v) is 16.0. The largest absolute Gasteiger partial charge is 0.392 e. The number of carbonyl (C=O) groups excluding carboxylic acids is 1. The lowest BCUT2D eigenvalue weighted by atomic mass is 10.1. The van der Waals surface area contributed by atoms with Gasteiger partial charge in [-0.2, -0.15) is 0 Å². The van der Waals surface area contributed by atoms with Crippen molar-refractivity contribution in [3.05, 3.63) is 130 Å². The van der Waals surface area contributed by atoms with Crippen LogP contribution in [0.15, 0.2) is 96.2 Å². The maximum absolute atomic E-state index is 11.2. The highest BCUT2D eigenvalue weighted by Gasteiger charge is 2.08. The Hall–Kier alpha value is -6.06. The summed E-state index contributed by atoms with van der Waals surface area (Å²) >= 11 is 0. The molecule has 0 aliphatic heterocycles. The lowest BCUT2D eigenvalue weighted by Gasteiger charge is -1.95. The van der Waals surface area contributed by atoms with Crippen LogP contribution >= 0.6 is 0 Å². The third kappa shape index (κ3) is 6.57. The summed E-state index contributed by atoms with van der Waals surface area (Å²) < 4.78 is 0. The molecule has 49 heavy (non-hydrogen) atoms. The van der Waals surface area contributed by atoms with Crippen molar-refractivity contribution in [1.82, 2.24) is 29.9 Å². The highest BCUT2D eigenvalue weighted by molar-refractivity contribution is 6.09. The Morgan fingerprint density at radius 3 is 1.76 bits per heavy atom. The number of aldehydes is 1. The molecule has 0 aliphatic rings. The normalized spacial score (nSPS) is 10.9. The molecule has 0 saturated heterocycles. The van der Waals surface area contributed by atoms with Gasteiger partial charge in [-0.1, -0.05) is 24.3 Å². The number of hydrogen-bond acceptors (Lipinski definition) is 5. The van der Waals surface area contributed by atoms with E-state index in [4.69, 9.17) is 9.90 Å². The van der Waals surface area contributed by atoms with Crippen molar-refractivity contribution in [3.63, 3.8) is 0 Å². The van der Waals surface area contributed by atoms with Gasteiger partial charge in [0.2, 0.25) is 0 Å². The van der Waals surface area contributed by atoms with Crippen LogP contribution in [0.25, 0.3) is 65.4 Å². The highest BCUT2D eigenvalue weighted by atomic mass is 16.3. The van der Waals surface area contributed by atoms with Gasteiger partial charge in [0.1, 0.15) is 6.29 Å². The number of nitrogens with one attached hydrogen (secondary N) is 4. The number of carbonyl (C=O) groups is 1. The predicted octanol–water partition coefficient (Wildman–Crippen LogP) is 8.37. The molecule has 9 nitrogen and oxygen atoms in total. The fourth-order valence-electron chi connectivity index (χ4n) is 6.18. The summed E-state index contributed by atoms with van der Waals surface area (Å²) in [6, 6.07) is 23.7. The van der Waals surface area contributed by atoms with Gasteiger partial charge < -0.3 is 29.8 Å². The number of H-pyrrole nitrogens is 4. The maximum Gasteiger partial charge on any atom is 0.180 e. The van der Waals surface area contributed by atoms with Gasteiger partial charge in [-0.15, -0.1) is 0 Å². The minimum Gasteiger partial charge on any atom is -0.392 e. The standard InChI is InChI=1S/C13H12N2O.C13H12N2.C12H10N2O.C2H4O/c1-8-13-11(4-5-14-8)10-3-2-9(7-16)6-12(10)15-13;1-8-3-4-10-11-5-6-14-9(2)13(11)15-12(10)7-8;1-7-12-10(4-5-13-7)9-3-2-8(15)6-11(9)14-12;1-2-3/h2-6,15-16H,7H2,1H3;3-7,15H,1-2H3;2-6,13-14H,1H3;2H,1H3. The van der Waals surface area contributed by atoms with Crippen LogP contribution in [-0.2, 0) is 11.4 Å². The quantitative estimate of drug-likeness (QED) is 0.113. The zero-order valence-electron chi connectivity index (χ0n) is 28.1. The summed E-state index contributed by atoms with van der Waals surface area (Å²) in [4.78, 5) is 41.7. The first-order chi connectivity index (χ1) is 23.7. The van der Waals surface area contributed by atoms with Gasteiger partial charge in [0.05, 0.1) is 40.1 Å². The number of nitrogens with zero attached hydrogens (tertiary/aromatic N) is 2. The summed E-state index contributed by atoms with van der Waals surface area (Å²) in [5.41, 5.74) is 11.8. The number of aromatic amines is 4. The van der Waals surface area contributed by atoms with E-state index in [1.165, 1.54) is 39.5 Å². The Kier molecular flexibility index (Phi) is 9.37. The van der Waals surface area contributed by atoms with E-state index in [9.17, 15) is 4.79 Å². The molecule has 6 aromatic heterocycles. The number of rotatable bonds is 1. The van der Waals surface area contributed by atoms with Crippen molar-refractivity contribution in [3.8, 4) is 0 Å². The second-order valence-electron chi connectivity index (χ2n) is 11.9. The van der Waals surface area contributed by atoms with Crippen molar-refractivity contribution in [1.29, 1.82) is 0 Å². The van der Waals surface area contributed by atoms with E-state index in [1.807, 2.05) is 75.8 Å². The molecule has 9 rings (SSSR count). The zero-order chi connectivity index (χ0) is 34.7. The minimum atomic E-state index is 0.0377. The van der Waals surface area contributed by atoms with Crippen LogP contribution in [0.1, 0.15) is 35.1 Å². The van der Waals surface area contributed by atoms with Gasteiger partial charge in [-0.25, -0.2) is 0 Å². The Bertz CT molecular complexity index is 2660. The number of fused-ring (bicyclic) bond motifs is 9. The van der Waals surface area contributed by atoms with Crippen molar-refractivity contribution in [2.75, 3.05) is 0 Å². The van der Waals surface area contributed by atoms with Gasteiger partial charge in [-0.3, -0.25) is 14.8 Å². The second-order valence-corrected chi connectivity index (χ2v) is 11.9. The average Bonchev–Trinajstić information content (AvgIpc) is 3.78. The van der Waals surface area contributed by atoms with Gasteiger partial charge in [0.15, 0.2) is 5.43 Å². The van der Waals surface area contributed by atoms with Gasteiger partial charge in [0, 0.05) is 73.7 Å². The van der Waals surface area contributed by atoms with Gasteiger partial charge in [-0.05, 0) is 88.2 Å². The van der Waals surface area contributed by atoms with E-state index in [1.54, 1.807) is 12.1 Å². The number of aliphatic hydroxyl groups is 1. The average molecular weight is 651 g/mol. The van der Waals surface area contributed by atoms with Crippen LogP contribution < -0.4 is 5.43 Å². The van der Waals surface area contributed by atoms with Crippen LogP contribution in [0.3, 0.4) is 0 Å². The number of aryl methyl sites for hydroxylation is 4. The number of aliphatic hydroxyl groups excluding tert-OH is 1. The first kappa shape index (κ1) is 32.9. The second kappa shape index (κ2) is 14.0. The molecule has 0 saturated carbocycles. The van der Waals surface area contributed by atoms with Crippen molar-refractivity contribution in [2.24, 2.45) is 0 Å². The molecule has 5 N–H and O–H groups in total. The maximum atomic E-state index is 11.2. The molecule has 246 valence electrons. The minimum absolute atomic E-state index is 0.0377. The highest BCUT2D eigenvalue weighted by Crippen LogP contribution is 2.28. The molecule has 3 aromatic carbocycles. The number of hydrogen-bond donors (Lipinski definition) is 5. The molecule has 6 heterocycles. The van der Waals surface area contributed by atoms with E-state index in [0.717, 1.165) is 67.3 Å². The van der Waals surface area contributed by atoms with E-state index >= 15 is 0 Å². The van der Waals surface area contributed by atoms with Crippen LogP contribution in [0.4, 0.5) is 0 Å². The summed E-state index contributed by atoms with van der Waals surface area (Å²) in [5, 5.41) is 16.3. The summed E-state index contributed by atoms with van der Waals surface area (Å²) in [5.74, 6) is 0. The topological polar surface area (TPSA) is 143 Å². The van der Waals surface area contributed by atoms with Crippen LogP contribution in [0.2, 0.25) is 0 Å². The smallest absolute Gasteiger partial charge is 0.180 e. The summed E-state index contributed by atoms with van der Waals surface area (Å²) in [6.07, 6.45) is 6.35. The fraction of sp³-hybridized carbons (Fsp3) is 0.150. The lowest BCUT2D eigenvalue weighted by Crippen LogP contribution is -1.93. The number of aromatic nitrogens is 6. The van der Waals surface area contributed by atoms with Crippen molar-refractivity contribution < 1.29 is 9.90 Å². The van der Waals surface area contributed by atoms with Gasteiger partial charge >= 0.3 is 0 Å². The van der Waals surface area contributed by atoms with E-state index < -0.39 is 0 Å². The molecule has 0 radical (unpaired) electrons. The monoisotopic (exact) mass is 650 g/mol. The Balaban J connectivity index is 0.000000123.